The number of rotatable bonds is 2. The van der Waals surface area contributed by atoms with Crippen LogP contribution in [0.2, 0.25) is 0 Å². The minimum Gasteiger partial charge on any atom is -0.398 e. The summed E-state index contributed by atoms with van der Waals surface area (Å²) in [5, 5.41) is 18.8. The molecule has 0 aromatic heterocycles. The standard InChI is InChI=1S/C10H13BrN2O4S/c11-6-1-2-7(12)10(3-6)18(16,17)13-4-8(14)9(15)5-13/h1-3,8-9,14-15H,4-5,12H2. The molecule has 1 aromatic carbocycles. The first-order chi connectivity index (χ1) is 8.32. The van der Waals surface area contributed by atoms with E-state index in [0.29, 0.717) is 4.47 Å². The van der Waals surface area contributed by atoms with E-state index in [9.17, 15) is 18.6 Å². The fourth-order valence-electron chi connectivity index (χ4n) is 1.80. The number of aliphatic hydroxyl groups excluding tert-OH is 2. The molecule has 0 amide bonds. The van der Waals surface area contributed by atoms with Crippen molar-refractivity contribution in [1.29, 1.82) is 0 Å². The Balaban J connectivity index is 2.40. The zero-order valence-corrected chi connectivity index (χ0v) is 11.7. The molecule has 0 saturated carbocycles. The van der Waals surface area contributed by atoms with Gasteiger partial charge in [-0.1, -0.05) is 15.9 Å². The molecule has 0 aliphatic carbocycles. The molecule has 1 aliphatic heterocycles. The molecule has 4 N–H and O–H groups in total. The van der Waals surface area contributed by atoms with Crippen LogP contribution in [0, 0.1) is 0 Å². The van der Waals surface area contributed by atoms with Gasteiger partial charge in [0.15, 0.2) is 0 Å². The maximum atomic E-state index is 12.3. The zero-order chi connectivity index (χ0) is 13.5. The second kappa shape index (κ2) is 4.78. The Morgan fingerprint density at radius 3 is 2.39 bits per heavy atom. The summed E-state index contributed by atoms with van der Waals surface area (Å²) in [6, 6.07) is 4.53. The lowest BCUT2D eigenvalue weighted by Gasteiger charge is -2.17. The Labute approximate surface area is 113 Å². The van der Waals surface area contributed by atoms with Gasteiger partial charge in [-0.15, -0.1) is 0 Å². The summed E-state index contributed by atoms with van der Waals surface area (Å²) in [7, 11) is -3.80. The molecule has 0 bridgehead atoms. The Kier molecular flexibility index (Phi) is 3.65. The SMILES string of the molecule is Nc1ccc(Br)cc1S(=O)(=O)N1CC(O)C(O)C1. The summed E-state index contributed by atoms with van der Waals surface area (Å²) in [5.74, 6) is 0. The number of nitrogens with two attached hydrogens (primary N) is 1. The molecule has 1 aromatic rings. The number of benzene rings is 1. The number of aliphatic hydroxyl groups is 2. The molecule has 100 valence electrons. The fourth-order valence-corrected chi connectivity index (χ4v) is 3.93. The lowest BCUT2D eigenvalue weighted by molar-refractivity contribution is 0.0572. The van der Waals surface area contributed by atoms with Crippen molar-refractivity contribution in [3.8, 4) is 0 Å². The summed E-state index contributed by atoms with van der Waals surface area (Å²) in [6.45, 7) is -0.259. The zero-order valence-electron chi connectivity index (χ0n) is 9.32. The van der Waals surface area contributed by atoms with Gasteiger partial charge in [0.1, 0.15) is 4.90 Å². The Hall–Kier alpha value is -0.670. The Morgan fingerprint density at radius 2 is 1.83 bits per heavy atom. The number of nitrogens with zero attached hydrogens (tertiary/aromatic N) is 1. The van der Waals surface area contributed by atoms with E-state index >= 15 is 0 Å². The van der Waals surface area contributed by atoms with Crippen LogP contribution < -0.4 is 5.73 Å². The highest BCUT2D eigenvalue weighted by molar-refractivity contribution is 9.10. The van der Waals surface area contributed by atoms with Crippen molar-refractivity contribution in [3.05, 3.63) is 22.7 Å². The average Bonchev–Trinajstić information content (AvgIpc) is 2.63. The van der Waals surface area contributed by atoms with Crippen LogP contribution in [0.3, 0.4) is 0 Å². The van der Waals surface area contributed by atoms with Gasteiger partial charge in [0.2, 0.25) is 10.0 Å². The molecule has 2 atom stereocenters. The maximum Gasteiger partial charge on any atom is 0.245 e. The number of anilines is 1. The number of halogens is 1. The van der Waals surface area contributed by atoms with Crippen molar-refractivity contribution in [2.45, 2.75) is 17.1 Å². The summed E-state index contributed by atoms with van der Waals surface area (Å²) in [5.41, 5.74) is 5.79. The first-order valence-corrected chi connectivity index (χ1v) is 7.47. The van der Waals surface area contributed by atoms with Crippen molar-refractivity contribution in [3.63, 3.8) is 0 Å². The van der Waals surface area contributed by atoms with Gasteiger partial charge < -0.3 is 15.9 Å². The highest BCUT2D eigenvalue weighted by atomic mass is 79.9. The topological polar surface area (TPSA) is 104 Å². The number of hydrogen-bond acceptors (Lipinski definition) is 5. The molecule has 8 heteroatoms. The molecular weight excluding hydrogens is 324 g/mol. The van der Waals surface area contributed by atoms with Crippen molar-refractivity contribution in [2.75, 3.05) is 18.8 Å². The largest absolute Gasteiger partial charge is 0.398 e. The van der Waals surface area contributed by atoms with E-state index in [-0.39, 0.29) is 23.7 Å². The molecule has 0 radical (unpaired) electrons. The third-order valence-electron chi connectivity index (χ3n) is 2.82. The van der Waals surface area contributed by atoms with Crippen LogP contribution in [-0.2, 0) is 10.0 Å². The van der Waals surface area contributed by atoms with Crippen LogP contribution >= 0.6 is 15.9 Å². The normalized spacial score (nSPS) is 25.5. The van der Waals surface area contributed by atoms with Crippen LogP contribution in [0.25, 0.3) is 0 Å². The summed E-state index contributed by atoms with van der Waals surface area (Å²) >= 11 is 3.18. The van der Waals surface area contributed by atoms with E-state index in [1.54, 1.807) is 6.07 Å². The molecule has 1 fully saturated rings. The van der Waals surface area contributed by atoms with E-state index in [0.717, 1.165) is 4.31 Å². The molecule has 18 heavy (non-hydrogen) atoms. The van der Waals surface area contributed by atoms with Crippen LogP contribution in [0.4, 0.5) is 5.69 Å². The van der Waals surface area contributed by atoms with E-state index in [1.807, 2.05) is 0 Å². The van der Waals surface area contributed by atoms with Crippen molar-refractivity contribution in [2.24, 2.45) is 0 Å². The predicted molar refractivity (Wildman–Crippen MR) is 69.3 cm³/mol. The number of β-amino-alcohol motifs (C(OH)–C–C–N with tert-alkyl or cyclic N) is 2. The van der Waals surface area contributed by atoms with Crippen molar-refractivity contribution < 1.29 is 18.6 Å². The summed E-state index contributed by atoms with van der Waals surface area (Å²) in [4.78, 5) is -0.0295. The first-order valence-electron chi connectivity index (χ1n) is 5.23. The molecule has 2 unspecified atom stereocenters. The van der Waals surface area contributed by atoms with Gasteiger partial charge >= 0.3 is 0 Å². The number of sulfonamides is 1. The Morgan fingerprint density at radius 1 is 1.28 bits per heavy atom. The van der Waals surface area contributed by atoms with Crippen LogP contribution in [0.5, 0.6) is 0 Å². The highest BCUT2D eigenvalue weighted by Gasteiger charge is 2.38. The lowest BCUT2D eigenvalue weighted by atomic mass is 10.3. The fraction of sp³-hybridized carbons (Fsp3) is 0.400. The third kappa shape index (κ3) is 2.39. The summed E-state index contributed by atoms with van der Waals surface area (Å²) in [6.07, 6.45) is -2.12. The average molecular weight is 337 g/mol. The lowest BCUT2D eigenvalue weighted by Crippen LogP contribution is -2.30. The minimum absolute atomic E-state index is 0.0295. The summed E-state index contributed by atoms with van der Waals surface area (Å²) < 4.78 is 26.2. The number of hydrogen-bond donors (Lipinski definition) is 3. The van der Waals surface area contributed by atoms with Crippen LogP contribution in [0.15, 0.2) is 27.6 Å². The van der Waals surface area contributed by atoms with E-state index < -0.39 is 22.2 Å². The van der Waals surface area contributed by atoms with Crippen LogP contribution in [-0.4, -0.2) is 48.2 Å². The monoisotopic (exact) mass is 336 g/mol. The quantitative estimate of drug-likeness (QED) is 0.646. The van der Waals surface area contributed by atoms with Gasteiger partial charge in [-0.2, -0.15) is 4.31 Å². The second-order valence-corrected chi connectivity index (χ2v) is 6.96. The Bertz CT molecular complexity index is 553. The minimum atomic E-state index is -3.80. The van der Waals surface area contributed by atoms with Gasteiger partial charge in [0, 0.05) is 17.6 Å². The van der Waals surface area contributed by atoms with E-state index in [2.05, 4.69) is 15.9 Å². The highest BCUT2D eigenvalue weighted by Crippen LogP contribution is 2.28. The van der Waals surface area contributed by atoms with Gasteiger partial charge in [-0.05, 0) is 18.2 Å². The molecule has 1 aliphatic rings. The first kappa shape index (κ1) is 13.8. The van der Waals surface area contributed by atoms with Gasteiger partial charge in [-0.25, -0.2) is 8.42 Å². The molecule has 6 nitrogen and oxygen atoms in total. The maximum absolute atomic E-state index is 12.3. The van der Waals surface area contributed by atoms with E-state index in [4.69, 9.17) is 5.73 Å². The van der Waals surface area contributed by atoms with Gasteiger partial charge in [0.25, 0.3) is 0 Å². The number of nitrogen functional groups attached to an aromatic ring is 1. The van der Waals surface area contributed by atoms with Crippen LogP contribution in [0.1, 0.15) is 0 Å². The van der Waals surface area contributed by atoms with Crippen molar-refractivity contribution >= 4 is 31.6 Å². The second-order valence-electron chi connectivity index (χ2n) is 4.14. The van der Waals surface area contributed by atoms with Gasteiger partial charge in [-0.3, -0.25) is 0 Å². The molecule has 2 rings (SSSR count). The predicted octanol–water partition coefficient (Wildman–Crippen LogP) is -0.243. The molecule has 1 saturated heterocycles. The van der Waals surface area contributed by atoms with Gasteiger partial charge in [0.05, 0.1) is 17.9 Å². The third-order valence-corrected chi connectivity index (χ3v) is 5.20. The van der Waals surface area contributed by atoms with E-state index in [1.165, 1.54) is 12.1 Å². The molecule has 0 spiro atoms. The van der Waals surface area contributed by atoms with Crippen molar-refractivity contribution in [1.82, 2.24) is 4.31 Å². The molecule has 1 heterocycles. The smallest absolute Gasteiger partial charge is 0.245 e. The molecular formula is C10H13BrN2O4S.